The van der Waals surface area contributed by atoms with Gasteiger partial charge in [0.1, 0.15) is 0 Å². The summed E-state index contributed by atoms with van der Waals surface area (Å²) in [7, 11) is 0. The van der Waals surface area contributed by atoms with Gasteiger partial charge in [-0.2, -0.15) is 5.26 Å². The lowest BCUT2D eigenvalue weighted by Crippen LogP contribution is -2.07. The average Bonchev–Trinajstić information content (AvgIpc) is 2.80. The third kappa shape index (κ3) is 3.59. The van der Waals surface area contributed by atoms with E-state index >= 15 is 0 Å². The zero-order chi connectivity index (χ0) is 13.7. The van der Waals surface area contributed by atoms with Gasteiger partial charge in [0.2, 0.25) is 0 Å². The molecule has 0 aliphatic rings. The summed E-state index contributed by atoms with van der Waals surface area (Å²) in [6.07, 6.45) is 3.16. The second-order valence-corrected chi connectivity index (χ2v) is 5.19. The van der Waals surface area contributed by atoms with Crippen molar-refractivity contribution in [1.82, 2.24) is 4.57 Å². The molecule has 3 nitrogen and oxygen atoms in total. The van der Waals surface area contributed by atoms with Crippen LogP contribution < -0.4 is 0 Å². The molecule has 100 valence electrons. The summed E-state index contributed by atoms with van der Waals surface area (Å²) >= 11 is 0. The molecule has 0 saturated heterocycles. The number of ether oxygens (including phenoxy) is 1. The van der Waals surface area contributed by atoms with Crippen molar-refractivity contribution in [3.63, 3.8) is 0 Å². The Labute approximate surface area is 114 Å². The zero-order valence-electron chi connectivity index (χ0n) is 11.6. The molecule has 1 heterocycles. The van der Waals surface area contributed by atoms with Crippen molar-refractivity contribution in [2.75, 3.05) is 13.2 Å². The molecule has 19 heavy (non-hydrogen) atoms. The van der Waals surface area contributed by atoms with Crippen LogP contribution in [0.4, 0.5) is 0 Å². The van der Waals surface area contributed by atoms with Crippen molar-refractivity contribution in [3.05, 3.63) is 36.0 Å². The number of nitrogens with zero attached hydrogens (tertiary/aromatic N) is 2. The van der Waals surface area contributed by atoms with E-state index in [2.05, 4.69) is 36.7 Å². The maximum Gasteiger partial charge on any atom is 0.0992 e. The van der Waals surface area contributed by atoms with Crippen molar-refractivity contribution in [1.29, 1.82) is 5.26 Å². The highest BCUT2D eigenvalue weighted by Crippen LogP contribution is 2.17. The van der Waals surface area contributed by atoms with E-state index in [-0.39, 0.29) is 0 Å². The molecular formula is C16H20N2O. The minimum atomic E-state index is 0.686. The molecule has 0 fully saturated rings. The van der Waals surface area contributed by atoms with Gasteiger partial charge < -0.3 is 9.30 Å². The summed E-state index contributed by atoms with van der Waals surface area (Å²) in [6.45, 7) is 6.77. The second kappa shape index (κ2) is 6.40. The molecular weight excluding hydrogens is 236 g/mol. The fourth-order valence-corrected chi connectivity index (χ4v) is 2.03. The van der Waals surface area contributed by atoms with Crippen LogP contribution in [0.1, 0.15) is 25.8 Å². The number of nitriles is 1. The van der Waals surface area contributed by atoms with Crippen LogP contribution in [0.3, 0.4) is 0 Å². The van der Waals surface area contributed by atoms with Crippen LogP contribution >= 0.6 is 0 Å². The van der Waals surface area contributed by atoms with E-state index in [1.807, 2.05) is 18.2 Å². The summed E-state index contributed by atoms with van der Waals surface area (Å²) in [5, 5.41) is 10.1. The zero-order valence-corrected chi connectivity index (χ0v) is 11.6. The van der Waals surface area contributed by atoms with E-state index in [1.165, 1.54) is 5.39 Å². The number of benzene rings is 1. The van der Waals surface area contributed by atoms with Crippen molar-refractivity contribution < 1.29 is 4.74 Å². The predicted octanol–water partition coefficient (Wildman–Crippen LogP) is 3.58. The lowest BCUT2D eigenvalue weighted by molar-refractivity contribution is 0.117. The summed E-state index contributed by atoms with van der Waals surface area (Å²) in [5.41, 5.74) is 1.81. The first-order chi connectivity index (χ1) is 9.20. The van der Waals surface area contributed by atoms with Crippen LogP contribution in [0.5, 0.6) is 0 Å². The lowest BCUT2D eigenvalue weighted by atomic mass is 10.1. The first-order valence-electron chi connectivity index (χ1n) is 6.77. The molecule has 0 atom stereocenters. The van der Waals surface area contributed by atoms with Gasteiger partial charge in [0.15, 0.2) is 0 Å². The number of fused-ring (bicyclic) bond motifs is 1. The fourth-order valence-electron chi connectivity index (χ4n) is 2.03. The number of hydrogen-bond acceptors (Lipinski definition) is 2. The van der Waals surface area contributed by atoms with Crippen LogP contribution in [-0.2, 0) is 11.3 Å². The SMILES string of the molecule is CC(C)CCOCCn1ccc2ccc(C#N)cc21. The van der Waals surface area contributed by atoms with Gasteiger partial charge in [-0.1, -0.05) is 19.9 Å². The molecule has 0 radical (unpaired) electrons. The third-order valence-corrected chi connectivity index (χ3v) is 3.22. The molecule has 0 aliphatic heterocycles. The summed E-state index contributed by atoms with van der Waals surface area (Å²) in [4.78, 5) is 0. The highest BCUT2D eigenvalue weighted by atomic mass is 16.5. The lowest BCUT2D eigenvalue weighted by Gasteiger charge is -2.08. The van der Waals surface area contributed by atoms with Crippen LogP contribution in [0.15, 0.2) is 30.5 Å². The first-order valence-corrected chi connectivity index (χ1v) is 6.77. The summed E-state index contributed by atoms with van der Waals surface area (Å²) in [6, 6.07) is 10.0. The van der Waals surface area contributed by atoms with Gasteiger partial charge in [-0.25, -0.2) is 0 Å². The van der Waals surface area contributed by atoms with E-state index in [0.29, 0.717) is 18.1 Å². The molecule has 2 rings (SSSR count). The predicted molar refractivity (Wildman–Crippen MR) is 76.9 cm³/mol. The highest BCUT2D eigenvalue weighted by Gasteiger charge is 2.02. The maximum absolute atomic E-state index is 8.94. The molecule has 0 bridgehead atoms. The third-order valence-electron chi connectivity index (χ3n) is 3.22. The number of hydrogen-bond donors (Lipinski definition) is 0. The molecule has 0 aliphatic carbocycles. The Hall–Kier alpha value is -1.79. The molecule has 3 heteroatoms. The Balaban J connectivity index is 1.95. The highest BCUT2D eigenvalue weighted by molar-refractivity contribution is 5.81. The largest absolute Gasteiger partial charge is 0.380 e. The van der Waals surface area contributed by atoms with Gasteiger partial charge in [0.25, 0.3) is 0 Å². The standard InChI is InChI=1S/C16H20N2O/c1-13(2)6-9-19-10-8-18-7-5-15-4-3-14(12-17)11-16(15)18/h3-5,7,11,13H,6,8-10H2,1-2H3. The second-order valence-electron chi connectivity index (χ2n) is 5.19. The molecule has 0 unspecified atom stereocenters. The topological polar surface area (TPSA) is 38.0 Å². The maximum atomic E-state index is 8.94. The minimum Gasteiger partial charge on any atom is -0.380 e. The van der Waals surface area contributed by atoms with Crippen LogP contribution in [-0.4, -0.2) is 17.8 Å². The molecule has 1 aromatic carbocycles. The van der Waals surface area contributed by atoms with E-state index < -0.39 is 0 Å². The van der Waals surface area contributed by atoms with Crippen LogP contribution in [0.2, 0.25) is 0 Å². The Morgan fingerprint density at radius 3 is 2.84 bits per heavy atom. The van der Waals surface area contributed by atoms with Crippen molar-refractivity contribution in [3.8, 4) is 6.07 Å². The van der Waals surface area contributed by atoms with Gasteiger partial charge in [-0.15, -0.1) is 0 Å². The molecule has 1 aromatic heterocycles. The molecule has 2 aromatic rings. The van der Waals surface area contributed by atoms with Crippen molar-refractivity contribution in [2.45, 2.75) is 26.8 Å². The van der Waals surface area contributed by atoms with E-state index in [0.717, 1.165) is 25.1 Å². The van der Waals surface area contributed by atoms with Gasteiger partial charge in [0.05, 0.1) is 18.2 Å². The molecule has 0 N–H and O–H groups in total. The average molecular weight is 256 g/mol. The normalized spacial score (nSPS) is 11.1. The van der Waals surface area contributed by atoms with Gasteiger partial charge in [-0.3, -0.25) is 0 Å². The van der Waals surface area contributed by atoms with E-state index in [4.69, 9.17) is 10.00 Å². The van der Waals surface area contributed by atoms with Crippen molar-refractivity contribution >= 4 is 10.9 Å². The Kier molecular flexibility index (Phi) is 4.59. The smallest absolute Gasteiger partial charge is 0.0992 e. The fraction of sp³-hybridized carbons (Fsp3) is 0.438. The Morgan fingerprint density at radius 2 is 2.11 bits per heavy atom. The van der Waals surface area contributed by atoms with Gasteiger partial charge >= 0.3 is 0 Å². The molecule has 0 spiro atoms. The quantitative estimate of drug-likeness (QED) is 0.741. The molecule has 0 saturated carbocycles. The van der Waals surface area contributed by atoms with Crippen LogP contribution in [0.25, 0.3) is 10.9 Å². The van der Waals surface area contributed by atoms with E-state index in [9.17, 15) is 0 Å². The van der Waals surface area contributed by atoms with Crippen molar-refractivity contribution in [2.24, 2.45) is 5.92 Å². The summed E-state index contributed by atoms with van der Waals surface area (Å²) < 4.78 is 7.78. The van der Waals surface area contributed by atoms with Gasteiger partial charge in [-0.05, 0) is 35.9 Å². The Morgan fingerprint density at radius 1 is 1.26 bits per heavy atom. The number of aromatic nitrogens is 1. The Bertz CT molecular complexity index is 578. The van der Waals surface area contributed by atoms with E-state index in [1.54, 1.807) is 0 Å². The minimum absolute atomic E-state index is 0.686. The van der Waals surface area contributed by atoms with Gasteiger partial charge in [0, 0.05) is 24.9 Å². The first kappa shape index (κ1) is 13.6. The van der Waals surface area contributed by atoms with Crippen LogP contribution in [0, 0.1) is 17.2 Å². The summed E-state index contributed by atoms with van der Waals surface area (Å²) in [5.74, 6) is 0.686. The monoisotopic (exact) mass is 256 g/mol. The number of rotatable bonds is 6. The molecule has 0 amide bonds.